The zero-order chi connectivity index (χ0) is 14.1. The van der Waals surface area contributed by atoms with E-state index >= 15 is 0 Å². The number of fused-ring (bicyclic) bond motifs is 1. The highest BCUT2D eigenvalue weighted by molar-refractivity contribution is 6.38. The van der Waals surface area contributed by atoms with Crippen LogP contribution in [-0.4, -0.2) is 22.4 Å². The van der Waals surface area contributed by atoms with Crippen molar-refractivity contribution in [2.75, 3.05) is 17.2 Å². The molecule has 1 aliphatic heterocycles. The number of rotatable bonds is 2. The van der Waals surface area contributed by atoms with Gasteiger partial charge in [-0.3, -0.25) is 4.79 Å². The molecule has 3 rings (SSSR count). The molecule has 0 radical (unpaired) electrons. The van der Waals surface area contributed by atoms with Gasteiger partial charge in [0.2, 0.25) is 0 Å². The molecule has 0 unspecified atom stereocenters. The van der Waals surface area contributed by atoms with E-state index in [1.54, 1.807) is 6.07 Å². The zero-order valence-corrected chi connectivity index (χ0v) is 11.8. The molecule has 0 saturated carbocycles. The molecule has 0 fully saturated rings. The minimum atomic E-state index is -0.293. The van der Waals surface area contributed by atoms with Crippen LogP contribution in [0.4, 0.5) is 11.4 Å². The van der Waals surface area contributed by atoms with Gasteiger partial charge in [-0.15, -0.1) is 0 Å². The first kappa shape index (κ1) is 13.1. The summed E-state index contributed by atoms with van der Waals surface area (Å²) in [5, 5.41) is 6.10. The van der Waals surface area contributed by atoms with Crippen molar-refractivity contribution in [1.82, 2.24) is 9.97 Å². The Bertz CT molecular complexity index is 670. The molecule has 2 N–H and O–H groups in total. The normalized spacial score (nSPS) is 12.7. The van der Waals surface area contributed by atoms with Gasteiger partial charge in [-0.1, -0.05) is 23.2 Å². The molecule has 0 aliphatic carbocycles. The maximum atomic E-state index is 12.2. The van der Waals surface area contributed by atoms with Gasteiger partial charge in [0.1, 0.15) is 12.0 Å². The lowest BCUT2D eigenvalue weighted by molar-refractivity contribution is 0.102. The summed E-state index contributed by atoms with van der Waals surface area (Å²) < 4.78 is 0. The minimum Gasteiger partial charge on any atom is -0.384 e. The quantitative estimate of drug-likeness (QED) is 0.837. The molecular formula is C13H10Cl2N4O. The van der Waals surface area contributed by atoms with E-state index < -0.39 is 0 Å². The number of anilines is 2. The average Bonchev–Trinajstić information content (AvgIpc) is 2.90. The molecule has 0 spiro atoms. The van der Waals surface area contributed by atoms with Crippen molar-refractivity contribution >= 4 is 40.5 Å². The Morgan fingerprint density at radius 2 is 2.00 bits per heavy atom. The first-order valence-electron chi connectivity index (χ1n) is 5.99. The number of halogens is 2. The van der Waals surface area contributed by atoms with E-state index in [2.05, 4.69) is 20.6 Å². The van der Waals surface area contributed by atoms with Crippen molar-refractivity contribution in [3.05, 3.63) is 46.0 Å². The predicted molar refractivity (Wildman–Crippen MR) is 78.6 cm³/mol. The van der Waals surface area contributed by atoms with Crippen LogP contribution in [0.25, 0.3) is 0 Å². The van der Waals surface area contributed by atoms with Gasteiger partial charge in [-0.25, -0.2) is 9.97 Å². The summed E-state index contributed by atoms with van der Waals surface area (Å²) in [4.78, 5) is 19.8. The fourth-order valence-corrected chi connectivity index (χ4v) is 2.49. The number of carbonyl (C=O) groups excluding carboxylic acids is 1. The number of hydrogen-bond donors (Lipinski definition) is 2. The van der Waals surface area contributed by atoms with Crippen molar-refractivity contribution in [2.45, 2.75) is 6.42 Å². The summed E-state index contributed by atoms with van der Waals surface area (Å²) in [5.41, 5.74) is 2.96. The molecule has 1 aromatic carbocycles. The van der Waals surface area contributed by atoms with Gasteiger partial charge in [0.15, 0.2) is 10.3 Å². The van der Waals surface area contributed by atoms with E-state index in [0.717, 1.165) is 24.2 Å². The van der Waals surface area contributed by atoms with Crippen molar-refractivity contribution < 1.29 is 4.79 Å². The largest absolute Gasteiger partial charge is 0.384 e. The molecule has 0 atom stereocenters. The molecule has 0 saturated heterocycles. The number of nitrogens with one attached hydrogen (secondary N) is 2. The van der Waals surface area contributed by atoms with Crippen LogP contribution in [0.1, 0.15) is 15.9 Å². The summed E-state index contributed by atoms with van der Waals surface area (Å²) in [6.45, 7) is 0.893. The van der Waals surface area contributed by atoms with Crippen LogP contribution in [0.3, 0.4) is 0 Å². The second-order valence-electron chi connectivity index (χ2n) is 4.33. The second-order valence-corrected chi connectivity index (χ2v) is 5.05. The summed E-state index contributed by atoms with van der Waals surface area (Å²) in [6.07, 6.45) is 2.15. The molecular weight excluding hydrogens is 299 g/mol. The van der Waals surface area contributed by atoms with E-state index in [-0.39, 0.29) is 21.9 Å². The van der Waals surface area contributed by atoms with Gasteiger partial charge in [0.05, 0.1) is 0 Å². The SMILES string of the molecule is O=C(Nc1c(Cl)ncnc1Cl)c1ccc2c(c1)CCN2. The third kappa shape index (κ3) is 2.42. The van der Waals surface area contributed by atoms with Gasteiger partial charge in [0.25, 0.3) is 5.91 Å². The molecule has 7 heteroatoms. The molecule has 1 amide bonds. The van der Waals surface area contributed by atoms with Gasteiger partial charge < -0.3 is 10.6 Å². The molecule has 1 aromatic heterocycles. The number of aromatic nitrogens is 2. The summed E-state index contributed by atoms with van der Waals surface area (Å²) in [7, 11) is 0. The van der Waals surface area contributed by atoms with Crippen LogP contribution >= 0.6 is 23.2 Å². The fourth-order valence-electron chi connectivity index (χ4n) is 2.08. The highest BCUT2D eigenvalue weighted by atomic mass is 35.5. The van der Waals surface area contributed by atoms with E-state index in [9.17, 15) is 4.79 Å². The average molecular weight is 309 g/mol. The highest BCUT2D eigenvalue weighted by Gasteiger charge is 2.16. The zero-order valence-electron chi connectivity index (χ0n) is 10.3. The van der Waals surface area contributed by atoms with Crippen LogP contribution in [0, 0.1) is 0 Å². The Labute approximate surface area is 125 Å². The molecule has 1 aliphatic rings. The molecule has 2 heterocycles. The Balaban J connectivity index is 1.86. The van der Waals surface area contributed by atoms with Crippen molar-refractivity contribution in [1.29, 1.82) is 0 Å². The van der Waals surface area contributed by atoms with Crippen molar-refractivity contribution in [3.63, 3.8) is 0 Å². The highest BCUT2D eigenvalue weighted by Crippen LogP contribution is 2.27. The van der Waals surface area contributed by atoms with Crippen LogP contribution in [0.2, 0.25) is 10.3 Å². The molecule has 102 valence electrons. The third-order valence-electron chi connectivity index (χ3n) is 3.07. The van der Waals surface area contributed by atoms with E-state index in [0.29, 0.717) is 5.56 Å². The number of nitrogens with zero attached hydrogens (tertiary/aromatic N) is 2. The summed E-state index contributed by atoms with van der Waals surface area (Å²) in [6, 6.07) is 5.50. The Morgan fingerprint density at radius 1 is 1.25 bits per heavy atom. The maximum Gasteiger partial charge on any atom is 0.255 e. The monoisotopic (exact) mass is 308 g/mol. The van der Waals surface area contributed by atoms with Crippen molar-refractivity contribution in [3.8, 4) is 0 Å². The summed E-state index contributed by atoms with van der Waals surface area (Å²) >= 11 is 11.8. The molecule has 2 aromatic rings. The molecule has 20 heavy (non-hydrogen) atoms. The number of benzene rings is 1. The topological polar surface area (TPSA) is 66.9 Å². The third-order valence-corrected chi connectivity index (χ3v) is 3.64. The first-order valence-corrected chi connectivity index (χ1v) is 6.75. The lowest BCUT2D eigenvalue weighted by Gasteiger charge is -2.08. The lowest BCUT2D eigenvalue weighted by atomic mass is 10.1. The maximum absolute atomic E-state index is 12.2. The van der Waals surface area contributed by atoms with Crippen LogP contribution in [0.5, 0.6) is 0 Å². The number of amides is 1. The number of hydrogen-bond acceptors (Lipinski definition) is 4. The molecule has 5 nitrogen and oxygen atoms in total. The van der Waals surface area contributed by atoms with E-state index in [1.807, 2.05) is 12.1 Å². The minimum absolute atomic E-state index is 0.112. The van der Waals surface area contributed by atoms with Crippen molar-refractivity contribution in [2.24, 2.45) is 0 Å². The number of carbonyl (C=O) groups is 1. The second kappa shape index (κ2) is 5.26. The van der Waals surface area contributed by atoms with Gasteiger partial charge in [-0.05, 0) is 30.2 Å². The Kier molecular flexibility index (Phi) is 3.46. The predicted octanol–water partition coefficient (Wildman–Crippen LogP) is 3.00. The van der Waals surface area contributed by atoms with E-state index in [4.69, 9.17) is 23.2 Å². The fraction of sp³-hybridized carbons (Fsp3) is 0.154. The van der Waals surface area contributed by atoms with Gasteiger partial charge in [-0.2, -0.15) is 0 Å². The van der Waals surface area contributed by atoms with Crippen LogP contribution in [0.15, 0.2) is 24.5 Å². The van der Waals surface area contributed by atoms with Crippen LogP contribution in [-0.2, 0) is 6.42 Å². The Hall–Kier alpha value is -1.85. The van der Waals surface area contributed by atoms with Gasteiger partial charge in [0, 0.05) is 17.8 Å². The standard InChI is InChI=1S/C13H10Cl2N4O/c14-11-10(12(15)18-6-17-11)19-13(20)8-1-2-9-7(5-8)3-4-16-9/h1-2,5-6,16H,3-4H2,(H,19,20). The first-order chi connectivity index (χ1) is 9.65. The van der Waals surface area contributed by atoms with Crippen LogP contribution < -0.4 is 10.6 Å². The summed E-state index contributed by atoms with van der Waals surface area (Å²) in [5.74, 6) is -0.293. The Morgan fingerprint density at radius 3 is 2.75 bits per heavy atom. The van der Waals surface area contributed by atoms with Gasteiger partial charge >= 0.3 is 0 Å². The smallest absolute Gasteiger partial charge is 0.255 e. The van der Waals surface area contributed by atoms with E-state index in [1.165, 1.54) is 6.33 Å². The molecule has 0 bridgehead atoms. The lowest BCUT2D eigenvalue weighted by Crippen LogP contribution is -2.13.